The van der Waals surface area contributed by atoms with Crippen LogP contribution >= 0.6 is 0 Å². The van der Waals surface area contributed by atoms with Crippen LogP contribution in [0.3, 0.4) is 0 Å². The Hall–Kier alpha value is -2.17. The monoisotopic (exact) mass is 231 g/mol. The number of hydrogen-bond acceptors (Lipinski definition) is 4. The smallest absolute Gasteiger partial charge is 0.374 e. The van der Waals surface area contributed by atoms with Gasteiger partial charge in [-0.25, -0.2) is 9.78 Å². The number of imidazole rings is 1. The number of hydrogen-bond donors (Lipinski definition) is 1. The fourth-order valence-corrected chi connectivity index (χ4v) is 1.55. The van der Waals surface area contributed by atoms with Crippen LogP contribution < -0.4 is 0 Å². The summed E-state index contributed by atoms with van der Waals surface area (Å²) < 4.78 is 4.89. The summed E-state index contributed by atoms with van der Waals surface area (Å²) in [6, 6.07) is 3.69. The van der Waals surface area contributed by atoms with Crippen LogP contribution in [0.2, 0.25) is 0 Å². The molecule has 0 saturated heterocycles. The summed E-state index contributed by atoms with van der Waals surface area (Å²) in [5.41, 5.74) is 2.50. The van der Waals surface area contributed by atoms with Crippen molar-refractivity contribution in [1.82, 2.24) is 15.0 Å². The molecule has 0 aliphatic carbocycles. The largest absolute Gasteiger partial charge is 0.460 e. The molecule has 0 bridgehead atoms. The lowest BCUT2D eigenvalue weighted by atomic mass is 10.2. The summed E-state index contributed by atoms with van der Waals surface area (Å²) in [4.78, 5) is 22.6. The zero-order valence-electron chi connectivity index (χ0n) is 9.73. The summed E-state index contributed by atoms with van der Waals surface area (Å²) in [5.74, 6) is -0.202. The molecule has 5 nitrogen and oxygen atoms in total. The molecular weight excluding hydrogens is 218 g/mol. The van der Waals surface area contributed by atoms with E-state index >= 15 is 0 Å². The van der Waals surface area contributed by atoms with Gasteiger partial charge in [0.1, 0.15) is 0 Å². The lowest BCUT2D eigenvalue weighted by molar-refractivity contribution is 0.0513. The fraction of sp³-hybridized carbons (Fsp3) is 0.250. The van der Waals surface area contributed by atoms with Crippen LogP contribution in [0.25, 0.3) is 11.3 Å². The lowest BCUT2D eigenvalue weighted by Crippen LogP contribution is -2.06. The van der Waals surface area contributed by atoms with Crippen molar-refractivity contribution in [3.05, 3.63) is 36.0 Å². The number of pyridine rings is 1. The molecule has 17 heavy (non-hydrogen) atoms. The molecule has 0 aromatic carbocycles. The highest BCUT2D eigenvalue weighted by Crippen LogP contribution is 2.20. The first kappa shape index (κ1) is 11.3. The third-order valence-electron chi connectivity index (χ3n) is 2.31. The van der Waals surface area contributed by atoms with Crippen molar-refractivity contribution in [2.75, 3.05) is 6.61 Å². The molecule has 0 saturated carbocycles. The Labute approximate surface area is 98.9 Å². The maximum atomic E-state index is 11.5. The number of nitrogens with zero attached hydrogens (tertiary/aromatic N) is 2. The number of aryl methyl sites for hydroxylation is 1. The molecule has 0 amide bonds. The minimum Gasteiger partial charge on any atom is -0.460 e. The number of rotatable bonds is 3. The summed E-state index contributed by atoms with van der Waals surface area (Å²) in [5, 5.41) is 0. The number of nitrogens with one attached hydrogen (secondary N) is 1. The van der Waals surface area contributed by atoms with Gasteiger partial charge in [0.15, 0.2) is 0 Å². The molecule has 0 unspecified atom stereocenters. The van der Waals surface area contributed by atoms with E-state index in [0.717, 1.165) is 17.0 Å². The summed E-state index contributed by atoms with van der Waals surface area (Å²) >= 11 is 0. The average Bonchev–Trinajstić information content (AvgIpc) is 2.73. The quantitative estimate of drug-likeness (QED) is 0.820. The highest BCUT2D eigenvalue weighted by molar-refractivity contribution is 5.86. The van der Waals surface area contributed by atoms with Crippen LogP contribution in [0.1, 0.15) is 23.2 Å². The van der Waals surface area contributed by atoms with E-state index in [2.05, 4.69) is 15.0 Å². The highest BCUT2D eigenvalue weighted by Gasteiger charge is 2.15. The van der Waals surface area contributed by atoms with Gasteiger partial charge in [0, 0.05) is 23.7 Å². The molecule has 0 fully saturated rings. The molecule has 0 aliphatic heterocycles. The van der Waals surface area contributed by atoms with E-state index in [1.807, 2.05) is 19.1 Å². The number of carbonyl (C=O) groups excluding carboxylic acids is 1. The van der Waals surface area contributed by atoms with E-state index < -0.39 is 5.97 Å². The van der Waals surface area contributed by atoms with E-state index in [4.69, 9.17) is 4.74 Å². The maximum absolute atomic E-state index is 11.5. The highest BCUT2D eigenvalue weighted by atomic mass is 16.5. The second kappa shape index (κ2) is 4.78. The molecule has 0 spiro atoms. The van der Waals surface area contributed by atoms with Crippen molar-refractivity contribution < 1.29 is 9.53 Å². The summed E-state index contributed by atoms with van der Waals surface area (Å²) in [6.07, 6.45) is 3.38. The second-order valence-electron chi connectivity index (χ2n) is 3.52. The Bertz CT molecular complexity index is 520. The van der Waals surface area contributed by atoms with Gasteiger partial charge in [-0.05, 0) is 26.0 Å². The SMILES string of the molecule is CCOC(=O)c1nc(-c2ccncc2)c(C)[nH]1. The van der Waals surface area contributed by atoms with E-state index in [1.165, 1.54) is 0 Å². The maximum Gasteiger partial charge on any atom is 0.374 e. The molecule has 0 radical (unpaired) electrons. The van der Waals surface area contributed by atoms with Gasteiger partial charge in [0.05, 0.1) is 12.3 Å². The molecule has 5 heteroatoms. The number of carbonyl (C=O) groups is 1. The molecule has 2 rings (SSSR count). The third kappa shape index (κ3) is 2.33. The summed E-state index contributed by atoms with van der Waals surface area (Å²) in [6.45, 7) is 3.96. The molecule has 2 heterocycles. The minimum atomic E-state index is -0.434. The van der Waals surface area contributed by atoms with Gasteiger partial charge in [-0.15, -0.1) is 0 Å². The van der Waals surface area contributed by atoms with Gasteiger partial charge in [0.2, 0.25) is 5.82 Å². The number of aromatic nitrogens is 3. The van der Waals surface area contributed by atoms with Crippen LogP contribution in [0.15, 0.2) is 24.5 Å². The second-order valence-corrected chi connectivity index (χ2v) is 3.52. The van der Waals surface area contributed by atoms with Crippen LogP contribution in [-0.2, 0) is 4.74 Å². The topological polar surface area (TPSA) is 67.9 Å². The van der Waals surface area contributed by atoms with Crippen molar-refractivity contribution >= 4 is 5.97 Å². The van der Waals surface area contributed by atoms with E-state index in [-0.39, 0.29) is 5.82 Å². The number of H-pyrrole nitrogens is 1. The standard InChI is InChI=1S/C12H13N3O2/c1-3-17-12(16)11-14-8(2)10(15-11)9-4-6-13-7-5-9/h4-7H,3H2,1-2H3,(H,14,15). The lowest BCUT2D eigenvalue weighted by Gasteiger charge is -1.96. The van der Waals surface area contributed by atoms with Gasteiger partial charge < -0.3 is 9.72 Å². The Kier molecular flexibility index (Phi) is 3.18. The molecule has 0 atom stereocenters. The Morgan fingerprint density at radius 1 is 1.41 bits per heavy atom. The van der Waals surface area contributed by atoms with Crippen molar-refractivity contribution in [2.24, 2.45) is 0 Å². The molecular formula is C12H13N3O2. The Morgan fingerprint density at radius 2 is 2.12 bits per heavy atom. The normalized spacial score (nSPS) is 10.2. The van der Waals surface area contributed by atoms with Crippen LogP contribution in [0, 0.1) is 6.92 Å². The van der Waals surface area contributed by atoms with E-state index in [0.29, 0.717) is 6.61 Å². The number of ether oxygens (including phenoxy) is 1. The van der Waals surface area contributed by atoms with Crippen molar-refractivity contribution in [3.8, 4) is 11.3 Å². The Balaban J connectivity index is 2.35. The first-order chi connectivity index (χ1) is 8.22. The van der Waals surface area contributed by atoms with E-state index in [9.17, 15) is 4.79 Å². The van der Waals surface area contributed by atoms with Gasteiger partial charge >= 0.3 is 5.97 Å². The predicted octanol–water partition coefficient (Wildman–Crippen LogP) is 1.96. The fourth-order valence-electron chi connectivity index (χ4n) is 1.55. The average molecular weight is 231 g/mol. The van der Waals surface area contributed by atoms with Crippen LogP contribution in [0.4, 0.5) is 0 Å². The molecule has 2 aromatic rings. The first-order valence-corrected chi connectivity index (χ1v) is 5.36. The zero-order chi connectivity index (χ0) is 12.3. The van der Waals surface area contributed by atoms with Gasteiger partial charge in [-0.1, -0.05) is 0 Å². The van der Waals surface area contributed by atoms with Crippen LogP contribution in [-0.4, -0.2) is 27.5 Å². The molecule has 88 valence electrons. The van der Waals surface area contributed by atoms with Gasteiger partial charge in [-0.3, -0.25) is 4.98 Å². The third-order valence-corrected chi connectivity index (χ3v) is 2.31. The molecule has 2 aromatic heterocycles. The Morgan fingerprint density at radius 3 is 2.76 bits per heavy atom. The number of esters is 1. The minimum absolute atomic E-state index is 0.233. The summed E-state index contributed by atoms with van der Waals surface area (Å²) in [7, 11) is 0. The van der Waals surface area contributed by atoms with Gasteiger partial charge in [0.25, 0.3) is 0 Å². The van der Waals surface area contributed by atoms with E-state index in [1.54, 1.807) is 19.3 Å². The van der Waals surface area contributed by atoms with Gasteiger partial charge in [-0.2, -0.15) is 0 Å². The van der Waals surface area contributed by atoms with Crippen molar-refractivity contribution in [3.63, 3.8) is 0 Å². The zero-order valence-corrected chi connectivity index (χ0v) is 9.73. The molecule has 1 N–H and O–H groups in total. The van der Waals surface area contributed by atoms with Crippen molar-refractivity contribution in [2.45, 2.75) is 13.8 Å². The van der Waals surface area contributed by atoms with Crippen LogP contribution in [0.5, 0.6) is 0 Å². The predicted molar refractivity (Wildman–Crippen MR) is 62.5 cm³/mol. The first-order valence-electron chi connectivity index (χ1n) is 5.36. The van der Waals surface area contributed by atoms with Crippen molar-refractivity contribution in [1.29, 1.82) is 0 Å². The molecule has 0 aliphatic rings. The number of aromatic amines is 1.